The largest absolute Gasteiger partial charge is 0.328 e. The molecule has 4 nitrogen and oxygen atoms in total. The lowest BCUT2D eigenvalue weighted by molar-refractivity contribution is -0.888. The second-order valence-electron chi connectivity index (χ2n) is 3.18. The number of nitrogens with zero attached hydrogens (tertiary/aromatic N) is 4. The van der Waals surface area contributed by atoms with Crippen molar-refractivity contribution in [2.24, 2.45) is 5.11 Å². The molecule has 1 atom stereocenters. The van der Waals surface area contributed by atoms with Gasteiger partial charge in [-0.2, -0.15) is 0 Å². The van der Waals surface area contributed by atoms with Gasteiger partial charge in [0.1, 0.15) is 0 Å². The maximum atomic E-state index is 8.00. The van der Waals surface area contributed by atoms with Crippen LogP contribution in [0.25, 0.3) is 10.4 Å². The van der Waals surface area contributed by atoms with Gasteiger partial charge in [0, 0.05) is 11.8 Å². The highest BCUT2D eigenvalue weighted by molar-refractivity contribution is 4.63. The Morgan fingerprint density at radius 3 is 2.40 bits per heavy atom. The van der Waals surface area contributed by atoms with Crippen LogP contribution in [0.2, 0.25) is 0 Å². The van der Waals surface area contributed by atoms with Crippen LogP contribution in [0, 0.1) is 6.92 Å². The molecule has 57 valence electrons. The summed E-state index contributed by atoms with van der Waals surface area (Å²) < 4.78 is 0.721. The maximum absolute atomic E-state index is 8.00. The van der Waals surface area contributed by atoms with Gasteiger partial charge in [0.2, 0.25) is 0 Å². The molecule has 0 fully saturated rings. The quantitative estimate of drug-likeness (QED) is 0.246. The lowest BCUT2D eigenvalue weighted by Gasteiger charge is -2.30. The molecular formula is C6H14N4+. The summed E-state index contributed by atoms with van der Waals surface area (Å²) in [5.74, 6) is 0. The minimum atomic E-state index is 0.135. The normalized spacial score (nSPS) is 14.0. The molecule has 1 radical (unpaired) electrons. The van der Waals surface area contributed by atoms with Crippen molar-refractivity contribution in [2.45, 2.75) is 6.04 Å². The first-order chi connectivity index (χ1) is 4.48. The van der Waals surface area contributed by atoms with Gasteiger partial charge in [-0.05, 0) is 5.53 Å². The molecule has 0 aliphatic rings. The van der Waals surface area contributed by atoms with Crippen molar-refractivity contribution in [1.82, 2.24) is 0 Å². The molecule has 0 spiro atoms. The van der Waals surface area contributed by atoms with Crippen molar-refractivity contribution in [2.75, 3.05) is 27.7 Å². The first-order valence-electron chi connectivity index (χ1n) is 3.13. The van der Waals surface area contributed by atoms with Crippen LogP contribution in [-0.2, 0) is 0 Å². The Hall–Kier alpha value is -0.730. The summed E-state index contributed by atoms with van der Waals surface area (Å²) in [5.41, 5.74) is 8.00. The third kappa shape index (κ3) is 3.33. The molecule has 0 aromatic carbocycles. The third-order valence-electron chi connectivity index (χ3n) is 1.45. The van der Waals surface area contributed by atoms with Gasteiger partial charge in [-0.15, -0.1) is 0 Å². The van der Waals surface area contributed by atoms with Gasteiger partial charge >= 0.3 is 0 Å². The van der Waals surface area contributed by atoms with E-state index in [0.717, 1.165) is 4.48 Å². The second-order valence-corrected chi connectivity index (χ2v) is 3.18. The molecule has 4 heteroatoms. The number of azide groups is 1. The number of hydrogen-bond acceptors (Lipinski definition) is 1. The molecule has 0 aliphatic carbocycles. The van der Waals surface area contributed by atoms with Crippen LogP contribution >= 0.6 is 0 Å². The molecule has 0 saturated carbocycles. The number of likely N-dealkylation sites (N-methyl/N-ethyl adjacent to an activating group) is 1. The highest BCUT2D eigenvalue weighted by Gasteiger charge is 2.16. The Bertz CT molecular complexity index is 140. The van der Waals surface area contributed by atoms with Gasteiger partial charge in [0.15, 0.2) is 0 Å². The second kappa shape index (κ2) is 3.44. The van der Waals surface area contributed by atoms with Crippen molar-refractivity contribution in [3.63, 3.8) is 0 Å². The van der Waals surface area contributed by atoms with E-state index in [1.807, 2.05) is 21.1 Å². The summed E-state index contributed by atoms with van der Waals surface area (Å²) >= 11 is 0. The third-order valence-corrected chi connectivity index (χ3v) is 1.45. The van der Waals surface area contributed by atoms with Crippen LogP contribution in [0.1, 0.15) is 0 Å². The van der Waals surface area contributed by atoms with E-state index in [0.29, 0.717) is 6.54 Å². The van der Waals surface area contributed by atoms with Crippen molar-refractivity contribution in [3.05, 3.63) is 17.4 Å². The highest BCUT2D eigenvalue weighted by Crippen LogP contribution is 2.00. The first-order valence-corrected chi connectivity index (χ1v) is 3.13. The van der Waals surface area contributed by atoms with Gasteiger partial charge < -0.3 is 4.48 Å². The SMILES string of the molecule is [CH2]C(CN=[N+]=[N-])[N+](C)(C)C. The molecule has 1 unspecified atom stereocenters. The number of rotatable bonds is 3. The van der Waals surface area contributed by atoms with E-state index < -0.39 is 0 Å². The minimum absolute atomic E-state index is 0.135. The predicted molar refractivity (Wildman–Crippen MR) is 41.2 cm³/mol. The zero-order chi connectivity index (χ0) is 8.20. The zero-order valence-electron chi connectivity index (χ0n) is 6.78. The average Bonchev–Trinajstić information content (AvgIpc) is 1.80. The fourth-order valence-corrected chi connectivity index (χ4v) is 0.376. The maximum Gasteiger partial charge on any atom is 0.0943 e. The van der Waals surface area contributed by atoms with Gasteiger partial charge in [-0.3, -0.25) is 0 Å². The van der Waals surface area contributed by atoms with Crippen molar-refractivity contribution in [1.29, 1.82) is 0 Å². The molecule has 0 N–H and O–H groups in total. The molecule has 0 aromatic heterocycles. The molecule has 0 amide bonds. The smallest absolute Gasteiger partial charge is 0.0943 e. The Balaban J connectivity index is 3.84. The van der Waals surface area contributed by atoms with Gasteiger partial charge in [0.05, 0.1) is 33.7 Å². The Morgan fingerprint density at radius 2 is 2.10 bits per heavy atom. The van der Waals surface area contributed by atoms with Crippen LogP contribution in [0.3, 0.4) is 0 Å². The number of hydrogen-bond donors (Lipinski definition) is 0. The fourth-order valence-electron chi connectivity index (χ4n) is 0.376. The average molecular weight is 142 g/mol. The van der Waals surface area contributed by atoms with E-state index in [-0.39, 0.29) is 6.04 Å². The van der Waals surface area contributed by atoms with Crippen LogP contribution in [0.4, 0.5) is 0 Å². The summed E-state index contributed by atoms with van der Waals surface area (Å²) in [6, 6.07) is 0.135. The molecule has 0 saturated heterocycles. The van der Waals surface area contributed by atoms with Crippen LogP contribution < -0.4 is 0 Å². The van der Waals surface area contributed by atoms with Gasteiger partial charge in [0.25, 0.3) is 0 Å². The van der Waals surface area contributed by atoms with Crippen molar-refractivity contribution in [3.8, 4) is 0 Å². The topological polar surface area (TPSA) is 48.8 Å². The molecule has 0 aliphatic heterocycles. The van der Waals surface area contributed by atoms with Crippen LogP contribution in [0.5, 0.6) is 0 Å². The molecule has 0 rings (SSSR count). The zero-order valence-corrected chi connectivity index (χ0v) is 6.78. The molecular weight excluding hydrogens is 128 g/mol. The number of quaternary nitrogens is 1. The van der Waals surface area contributed by atoms with Crippen molar-refractivity contribution >= 4 is 0 Å². The molecule has 0 bridgehead atoms. The lowest BCUT2D eigenvalue weighted by atomic mass is 10.3. The van der Waals surface area contributed by atoms with Gasteiger partial charge in [-0.1, -0.05) is 5.11 Å². The molecule has 0 heterocycles. The minimum Gasteiger partial charge on any atom is -0.328 e. The first kappa shape index (κ1) is 9.27. The van der Waals surface area contributed by atoms with E-state index in [1.54, 1.807) is 0 Å². The standard InChI is InChI=1S/C6H14N4/c1-6(5-8-9-7)10(2,3)4/h6H,1,5H2,2-4H3/q+1. The Labute approximate surface area is 61.7 Å². The van der Waals surface area contributed by atoms with E-state index in [9.17, 15) is 0 Å². The highest BCUT2D eigenvalue weighted by atomic mass is 15.3. The summed E-state index contributed by atoms with van der Waals surface area (Å²) in [6.07, 6.45) is 0. The van der Waals surface area contributed by atoms with E-state index >= 15 is 0 Å². The predicted octanol–water partition coefficient (Wildman–Crippen LogP) is 1.21. The van der Waals surface area contributed by atoms with E-state index in [4.69, 9.17) is 5.53 Å². The van der Waals surface area contributed by atoms with Gasteiger partial charge in [-0.25, -0.2) is 0 Å². The summed E-state index contributed by atoms with van der Waals surface area (Å²) in [7, 11) is 6.06. The Kier molecular flexibility index (Phi) is 3.19. The fraction of sp³-hybridized carbons (Fsp3) is 0.833. The van der Waals surface area contributed by atoms with Crippen LogP contribution in [0.15, 0.2) is 5.11 Å². The molecule has 0 aromatic rings. The summed E-state index contributed by atoms with van der Waals surface area (Å²) in [6.45, 7) is 4.31. The van der Waals surface area contributed by atoms with Crippen molar-refractivity contribution < 1.29 is 4.48 Å². The lowest BCUT2D eigenvalue weighted by Crippen LogP contribution is -2.45. The summed E-state index contributed by atoms with van der Waals surface area (Å²) in [5, 5.41) is 3.44. The van der Waals surface area contributed by atoms with E-state index in [1.165, 1.54) is 0 Å². The van der Waals surface area contributed by atoms with Crippen LogP contribution in [-0.4, -0.2) is 38.2 Å². The monoisotopic (exact) mass is 142 g/mol. The molecule has 10 heavy (non-hydrogen) atoms. The van der Waals surface area contributed by atoms with E-state index in [2.05, 4.69) is 16.9 Å². The Morgan fingerprint density at radius 1 is 1.60 bits per heavy atom. The summed E-state index contributed by atoms with van der Waals surface area (Å²) in [4.78, 5) is 2.66.